The number of hydrogen-bond acceptors (Lipinski definition) is 4. The van der Waals surface area contributed by atoms with Crippen LogP contribution in [-0.2, 0) is 13.2 Å². The SMILES string of the molecule is CC.COc1ccc(Cn2cnc3c(CO)ccnc32)cc1. The van der Waals surface area contributed by atoms with Crippen molar-refractivity contribution in [3.63, 3.8) is 0 Å². The van der Waals surface area contributed by atoms with E-state index in [-0.39, 0.29) is 6.61 Å². The number of fused-ring (bicyclic) bond motifs is 1. The number of methoxy groups -OCH3 is 1. The maximum absolute atomic E-state index is 9.30. The molecule has 0 unspecified atom stereocenters. The summed E-state index contributed by atoms with van der Waals surface area (Å²) in [6.07, 6.45) is 3.45. The monoisotopic (exact) mass is 299 g/mol. The van der Waals surface area contributed by atoms with Crippen LogP contribution in [0.15, 0.2) is 42.9 Å². The second-order valence-corrected chi connectivity index (χ2v) is 4.52. The molecule has 0 fully saturated rings. The molecule has 0 radical (unpaired) electrons. The Bertz CT molecular complexity index is 720. The summed E-state index contributed by atoms with van der Waals surface area (Å²) in [6, 6.07) is 9.68. The lowest BCUT2D eigenvalue weighted by atomic mass is 10.2. The van der Waals surface area contributed by atoms with Crippen LogP contribution in [0, 0.1) is 0 Å². The first-order valence-electron chi connectivity index (χ1n) is 7.34. The van der Waals surface area contributed by atoms with E-state index in [1.54, 1.807) is 25.7 Å². The molecular weight excluding hydrogens is 278 g/mol. The van der Waals surface area contributed by atoms with E-state index in [1.165, 1.54) is 0 Å². The van der Waals surface area contributed by atoms with Gasteiger partial charge in [0.15, 0.2) is 5.65 Å². The molecule has 0 saturated heterocycles. The molecule has 5 heteroatoms. The first-order valence-corrected chi connectivity index (χ1v) is 7.34. The predicted octanol–water partition coefficient (Wildman–Crippen LogP) is 3.01. The average molecular weight is 299 g/mol. The van der Waals surface area contributed by atoms with E-state index < -0.39 is 0 Å². The van der Waals surface area contributed by atoms with Gasteiger partial charge in [0.1, 0.15) is 11.3 Å². The molecule has 0 aliphatic rings. The van der Waals surface area contributed by atoms with Crippen molar-refractivity contribution < 1.29 is 9.84 Å². The number of rotatable bonds is 4. The summed E-state index contributed by atoms with van der Waals surface area (Å²) in [6.45, 7) is 4.65. The van der Waals surface area contributed by atoms with E-state index in [4.69, 9.17) is 4.74 Å². The van der Waals surface area contributed by atoms with Gasteiger partial charge >= 0.3 is 0 Å². The van der Waals surface area contributed by atoms with Crippen LogP contribution >= 0.6 is 0 Å². The van der Waals surface area contributed by atoms with Crippen LogP contribution in [0.2, 0.25) is 0 Å². The summed E-state index contributed by atoms with van der Waals surface area (Å²) in [5.74, 6) is 0.838. The largest absolute Gasteiger partial charge is 0.497 e. The summed E-state index contributed by atoms with van der Waals surface area (Å²) in [7, 11) is 1.65. The molecule has 0 aliphatic heterocycles. The third-order valence-electron chi connectivity index (χ3n) is 3.27. The third kappa shape index (κ3) is 3.26. The van der Waals surface area contributed by atoms with Crippen molar-refractivity contribution in [1.82, 2.24) is 14.5 Å². The molecule has 0 spiro atoms. The number of aliphatic hydroxyl groups excluding tert-OH is 1. The van der Waals surface area contributed by atoms with Gasteiger partial charge in [-0.2, -0.15) is 0 Å². The summed E-state index contributed by atoms with van der Waals surface area (Å²) in [4.78, 5) is 8.68. The van der Waals surface area contributed by atoms with Crippen molar-refractivity contribution in [3.8, 4) is 5.75 Å². The molecule has 116 valence electrons. The zero-order valence-corrected chi connectivity index (χ0v) is 13.2. The van der Waals surface area contributed by atoms with Crippen molar-refractivity contribution in [2.45, 2.75) is 27.0 Å². The molecule has 0 bridgehead atoms. The number of aromatic nitrogens is 3. The van der Waals surface area contributed by atoms with Gasteiger partial charge in [0, 0.05) is 11.8 Å². The Kier molecular flexibility index (Phi) is 5.49. The number of imidazole rings is 1. The van der Waals surface area contributed by atoms with Gasteiger partial charge in [-0.25, -0.2) is 9.97 Å². The maximum Gasteiger partial charge on any atom is 0.160 e. The topological polar surface area (TPSA) is 60.2 Å². The van der Waals surface area contributed by atoms with Gasteiger partial charge in [0.05, 0.1) is 26.6 Å². The lowest BCUT2D eigenvalue weighted by Crippen LogP contribution is -1.99. The number of aliphatic hydroxyl groups is 1. The lowest BCUT2D eigenvalue weighted by molar-refractivity contribution is 0.283. The second-order valence-electron chi connectivity index (χ2n) is 4.52. The zero-order valence-electron chi connectivity index (χ0n) is 13.2. The quantitative estimate of drug-likeness (QED) is 0.804. The lowest BCUT2D eigenvalue weighted by Gasteiger charge is -2.05. The van der Waals surface area contributed by atoms with E-state index >= 15 is 0 Å². The molecule has 5 nitrogen and oxygen atoms in total. The van der Waals surface area contributed by atoms with Crippen LogP contribution in [0.4, 0.5) is 0 Å². The first-order chi connectivity index (χ1) is 10.8. The number of ether oxygens (including phenoxy) is 1. The van der Waals surface area contributed by atoms with E-state index in [1.807, 2.05) is 42.7 Å². The van der Waals surface area contributed by atoms with Crippen LogP contribution in [0.3, 0.4) is 0 Å². The molecule has 2 heterocycles. The highest BCUT2D eigenvalue weighted by Gasteiger charge is 2.08. The summed E-state index contributed by atoms with van der Waals surface area (Å²) < 4.78 is 7.11. The minimum absolute atomic E-state index is 0.0292. The Morgan fingerprint density at radius 2 is 1.82 bits per heavy atom. The van der Waals surface area contributed by atoms with Crippen molar-refractivity contribution >= 4 is 11.2 Å². The van der Waals surface area contributed by atoms with Gasteiger partial charge in [-0.05, 0) is 23.8 Å². The molecule has 0 amide bonds. The van der Waals surface area contributed by atoms with Crippen LogP contribution in [-0.4, -0.2) is 26.8 Å². The Labute approximate surface area is 130 Å². The third-order valence-corrected chi connectivity index (χ3v) is 3.27. The fourth-order valence-electron chi connectivity index (χ4n) is 2.19. The molecule has 1 N–H and O–H groups in total. The standard InChI is InChI=1S/C15H15N3O2.C2H6/c1-20-13-4-2-11(3-5-13)8-18-10-17-14-12(9-19)6-7-16-15(14)18;1-2/h2-7,10,19H,8-9H2,1H3;1-2H3. The molecule has 22 heavy (non-hydrogen) atoms. The predicted molar refractivity (Wildman–Crippen MR) is 86.9 cm³/mol. The normalized spacial score (nSPS) is 10.2. The van der Waals surface area contributed by atoms with Gasteiger partial charge in [0.2, 0.25) is 0 Å². The zero-order chi connectivity index (χ0) is 15.9. The van der Waals surface area contributed by atoms with Crippen LogP contribution in [0.1, 0.15) is 25.0 Å². The fraction of sp³-hybridized carbons (Fsp3) is 0.294. The Hall–Kier alpha value is -2.40. The van der Waals surface area contributed by atoms with E-state index in [0.717, 1.165) is 28.0 Å². The number of nitrogens with zero attached hydrogens (tertiary/aromatic N) is 3. The Balaban J connectivity index is 0.000000847. The number of benzene rings is 1. The molecule has 3 aromatic rings. The van der Waals surface area contributed by atoms with Gasteiger partial charge in [-0.15, -0.1) is 0 Å². The molecule has 2 aromatic heterocycles. The van der Waals surface area contributed by atoms with E-state index in [0.29, 0.717) is 6.54 Å². The van der Waals surface area contributed by atoms with Crippen LogP contribution in [0.25, 0.3) is 11.2 Å². The number of pyridine rings is 1. The van der Waals surface area contributed by atoms with Gasteiger partial charge in [0.25, 0.3) is 0 Å². The number of hydrogen-bond donors (Lipinski definition) is 1. The minimum atomic E-state index is -0.0292. The van der Waals surface area contributed by atoms with Gasteiger partial charge in [-0.3, -0.25) is 0 Å². The van der Waals surface area contributed by atoms with Crippen molar-refractivity contribution in [3.05, 3.63) is 54.0 Å². The smallest absolute Gasteiger partial charge is 0.160 e. The van der Waals surface area contributed by atoms with Crippen molar-refractivity contribution in [2.24, 2.45) is 0 Å². The summed E-state index contributed by atoms with van der Waals surface area (Å²) in [5.41, 5.74) is 3.47. The Morgan fingerprint density at radius 1 is 1.09 bits per heavy atom. The molecular formula is C17H21N3O2. The molecule has 1 aromatic carbocycles. The molecule has 0 saturated carbocycles. The Morgan fingerprint density at radius 3 is 2.45 bits per heavy atom. The van der Waals surface area contributed by atoms with E-state index in [9.17, 15) is 5.11 Å². The minimum Gasteiger partial charge on any atom is -0.497 e. The summed E-state index contributed by atoms with van der Waals surface area (Å²) in [5, 5.41) is 9.30. The van der Waals surface area contributed by atoms with Crippen molar-refractivity contribution in [1.29, 1.82) is 0 Å². The second kappa shape index (κ2) is 7.56. The summed E-state index contributed by atoms with van der Waals surface area (Å²) >= 11 is 0. The first kappa shape index (κ1) is 16.0. The van der Waals surface area contributed by atoms with Crippen LogP contribution in [0.5, 0.6) is 5.75 Å². The van der Waals surface area contributed by atoms with Crippen molar-refractivity contribution in [2.75, 3.05) is 7.11 Å². The van der Waals surface area contributed by atoms with Gasteiger partial charge in [-0.1, -0.05) is 26.0 Å². The maximum atomic E-state index is 9.30. The van der Waals surface area contributed by atoms with Crippen LogP contribution < -0.4 is 4.74 Å². The fourth-order valence-corrected chi connectivity index (χ4v) is 2.19. The van der Waals surface area contributed by atoms with Gasteiger partial charge < -0.3 is 14.4 Å². The highest BCUT2D eigenvalue weighted by molar-refractivity contribution is 5.74. The van der Waals surface area contributed by atoms with E-state index in [2.05, 4.69) is 9.97 Å². The highest BCUT2D eigenvalue weighted by atomic mass is 16.5. The average Bonchev–Trinajstić information content (AvgIpc) is 3.00. The highest BCUT2D eigenvalue weighted by Crippen LogP contribution is 2.17. The molecule has 0 aliphatic carbocycles. The molecule has 3 rings (SSSR count). The molecule has 0 atom stereocenters.